The predicted molar refractivity (Wildman–Crippen MR) is 184 cm³/mol. The first-order valence-corrected chi connectivity index (χ1v) is 17.4. The Balaban J connectivity index is 1.51. The van der Waals surface area contributed by atoms with E-state index < -0.39 is 30.1 Å². The molecule has 0 aromatic heterocycles. The summed E-state index contributed by atoms with van der Waals surface area (Å²) in [6, 6.07) is 10.1. The highest BCUT2D eigenvalue weighted by molar-refractivity contribution is 5.96. The molecule has 49 heavy (non-hydrogen) atoms. The molecule has 5 rings (SSSR count). The van der Waals surface area contributed by atoms with E-state index in [1.807, 2.05) is 24.3 Å². The third-order valence-electron chi connectivity index (χ3n) is 10.3. The fraction of sp³-hybridized carbons (Fsp3) is 0.579. The number of carbonyl (C=O) groups is 2. The fourth-order valence-corrected chi connectivity index (χ4v) is 7.70. The van der Waals surface area contributed by atoms with Crippen molar-refractivity contribution in [2.24, 2.45) is 17.8 Å². The van der Waals surface area contributed by atoms with Gasteiger partial charge in [0.2, 0.25) is 11.8 Å². The number of hydrogen-bond acceptors (Lipinski definition) is 9. The van der Waals surface area contributed by atoms with Gasteiger partial charge in [-0.15, -0.1) is 0 Å². The number of nitrogens with one attached hydrogen (secondary N) is 1. The number of methoxy groups -OCH3 is 2. The van der Waals surface area contributed by atoms with Crippen LogP contribution in [0.1, 0.15) is 62.6 Å². The Hall–Kier alpha value is -3.64. The molecule has 2 aromatic rings. The van der Waals surface area contributed by atoms with Gasteiger partial charge in [0.1, 0.15) is 24.6 Å². The molecular formula is C38H52N2O9. The summed E-state index contributed by atoms with van der Waals surface area (Å²) in [6.45, 7) is 6.19. The van der Waals surface area contributed by atoms with Crippen LogP contribution in [-0.4, -0.2) is 96.9 Å². The van der Waals surface area contributed by atoms with Crippen LogP contribution >= 0.6 is 0 Å². The summed E-state index contributed by atoms with van der Waals surface area (Å²) < 4.78 is 23.8. The molecule has 1 fully saturated rings. The van der Waals surface area contributed by atoms with Crippen molar-refractivity contribution in [3.05, 3.63) is 64.7 Å². The van der Waals surface area contributed by atoms with Crippen LogP contribution in [0.15, 0.2) is 48.0 Å². The highest BCUT2D eigenvalue weighted by Gasteiger charge is 2.51. The van der Waals surface area contributed by atoms with Crippen LogP contribution in [-0.2, 0) is 27.4 Å². The van der Waals surface area contributed by atoms with Crippen molar-refractivity contribution in [2.75, 3.05) is 40.5 Å². The smallest absolute Gasteiger partial charge is 0.249 e. The molecule has 1 saturated carbocycles. The standard InChI is InChI=1S/C38H52N2O9/c1-22(2)27-10-9-23(3)15-31(27)48-21-33(43)40(13-11-24-7-6-8-26(16-24)46-4)30-19-29(38(45)39-12-14-41)34-28-17-25(20-42)18-32(47-5)36(28)49-37(34)35(30)44/h6-8,16-19,22-23,27,30-31,34-35,37,41-42,44H,9-15,20-21H2,1-5H3,(H,39,45)/t23-,27+,30+,31-,34-,35-,37-/m0/s1. The fourth-order valence-electron chi connectivity index (χ4n) is 7.70. The summed E-state index contributed by atoms with van der Waals surface area (Å²) in [4.78, 5) is 29.6. The summed E-state index contributed by atoms with van der Waals surface area (Å²) in [5, 5.41) is 34.3. The van der Waals surface area contributed by atoms with Crippen LogP contribution < -0.4 is 19.5 Å². The first-order valence-electron chi connectivity index (χ1n) is 17.4. The average molecular weight is 681 g/mol. The number of aliphatic hydroxyl groups is 3. The topological polar surface area (TPSA) is 147 Å². The van der Waals surface area contributed by atoms with E-state index >= 15 is 0 Å². The molecule has 11 heteroatoms. The molecule has 7 atom stereocenters. The van der Waals surface area contributed by atoms with Gasteiger partial charge in [-0.05, 0) is 78.5 Å². The summed E-state index contributed by atoms with van der Waals surface area (Å²) in [6.07, 6.45) is 2.98. The van der Waals surface area contributed by atoms with Crippen molar-refractivity contribution in [3.8, 4) is 17.2 Å². The van der Waals surface area contributed by atoms with Gasteiger partial charge in [-0.3, -0.25) is 9.59 Å². The van der Waals surface area contributed by atoms with Crippen LogP contribution in [0.4, 0.5) is 0 Å². The summed E-state index contributed by atoms with van der Waals surface area (Å²) in [7, 11) is 3.09. The summed E-state index contributed by atoms with van der Waals surface area (Å²) >= 11 is 0. The van der Waals surface area contributed by atoms with Gasteiger partial charge >= 0.3 is 0 Å². The zero-order valence-corrected chi connectivity index (χ0v) is 29.3. The second kappa shape index (κ2) is 16.4. The lowest BCUT2D eigenvalue weighted by molar-refractivity contribution is -0.147. The largest absolute Gasteiger partial charge is 0.497 e. The number of ether oxygens (including phenoxy) is 4. The SMILES string of the molecule is COc1cccc(CCN(C(=O)CO[C@H]2C[C@@H](C)CC[C@@H]2C(C)C)[C@@H]2C=C(C(=O)NCCO)[C@@H]3c4cc(CO)cc(OC)c4O[C@@H]3[C@H]2O)c1. The molecule has 0 bridgehead atoms. The summed E-state index contributed by atoms with van der Waals surface area (Å²) in [5.41, 5.74) is 2.40. The Morgan fingerprint density at radius 1 is 1.08 bits per heavy atom. The minimum Gasteiger partial charge on any atom is -0.497 e. The van der Waals surface area contributed by atoms with Gasteiger partial charge in [0.25, 0.3) is 0 Å². The molecule has 1 heterocycles. The highest BCUT2D eigenvalue weighted by atomic mass is 16.5. The molecule has 0 unspecified atom stereocenters. The molecule has 268 valence electrons. The summed E-state index contributed by atoms with van der Waals surface area (Å²) in [5.74, 6) is 1.26. The third kappa shape index (κ3) is 8.06. The number of fused-ring (bicyclic) bond motifs is 3. The Morgan fingerprint density at radius 3 is 2.57 bits per heavy atom. The Labute approximate surface area is 289 Å². The first-order chi connectivity index (χ1) is 23.6. The molecule has 3 aliphatic rings. The number of hydrogen-bond donors (Lipinski definition) is 4. The molecule has 4 N–H and O–H groups in total. The maximum atomic E-state index is 14.3. The number of benzene rings is 2. The second-order valence-corrected chi connectivity index (χ2v) is 13.9. The van der Waals surface area contributed by atoms with E-state index in [1.54, 1.807) is 30.2 Å². The van der Waals surface area contributed by atoms with Crippen LogP contribution in [0, 0.1) is 17.8 Å². The van der Waals surface area contributed by atoms with Crippen molar-refractivity contribution >= 4 is 11.8 Å². The van der Waals surface area contributed by atoms with E-state index in [9.17, 15) is 24.9 Å². The molecule has 2 amide bonds. The average Bonchev–Trinajstić information content (AvgIpc) is 3.50. The first kappa shape index (κ1) is 36.6. The van der Waals surface area contributed by atoms with Gasteiger partial charge in [-0.1, -0.05) is 39.3 Å². The van der Waals surface area contributed by atoms with E-state index in [2.05, 4.69) is 26.1 Å². The van der Waals surface area contributed by atoms with Gasteiger partial charge < -0.3 is 44.5 Å². The molecular weight excluding hydrogens is 628 g/mol. The van der Waals surface area contributed by atoms with Gasteiger partial charge in [-0.25, -0.2) is 0 Å². The molecule has 0 saturated heterocycles. The quantitative estimate of drug-likeness (QED) is 0.236. The molecule has 11 nitrogen and oxygen atoms in total. The van der Waals surface area contributed by atoms with Crippen molar-refractivity contribution in [2.45, 2.75) is 83.3 Å². The van der Waals surface area contributed by atoms with Gasteiger partial charge in [0, 0.05) is 24.2 Å². The predicted octanol–water partition coefficient (Wildman–Crippen LogP) is 3.37. The normalized spacial score (nSPS) is 25.9. The van der Waals surface area contributed by atoms with E-state index in [1.165, 1.54) is 7.11 Å². The van der Waals surface area contributed by atoms with Crippen molar-refractivity contribution in [1.29, 1.82) is 0 Å². The Bertz CT molecular complexity index is 1490. The lowest BCUT2D eigenvalue weighted by Gasteiger charge is -2.41. The molecule has 1 aliphatic heterocycles. The van der Waals surface area contributed by atoms with Crippen molar-refractivity contribution in [3.63, 3.8) is 0 Å². The van der Waals surface area contributed by atoms with Crippen LogP contribution in [0.3, 0.4) is 0 Å². The van der Waals surface area contributed by atoms with E-state index in [-0.39, 0.29) is 44.9 Å². The van der Waals surface area contributed by atoms with Crippen LogP contribution in [0.5, 0.6) is 17.2 Å². The molecule has 2 aliphatic carbocycles. The minimum atomic E-state index is -1.22. The maximum Gasteiger partial charge on any atom is 0.249 e. The second-order valence-electron chi connectivity index (χ2n) is 13.9. The number of amides is 2. The number of aliphatic hydroxyl groups excluding tert-OH is 3. The molecule has 2 aromatic carbocycles. The maximum absolute atomic E-state index is 14.3. The zero-order valence-electron chi connectivity index (χ0n) is 29.3. The van der Waals surface area contributed by atoms with Crippen molar-refractivity contribution < 1.29 is 43.9 Å². The molecule has 0 spiro atoms. The van der Waals surface area contributed by atoms with Gasteiger partial charge in [-0.2, -0.15) is 0 Å². The minimum absolute atomic E-state index is 0.0254. The third-order valence-corrected chi connectivity index (χ3v) is 10.3. The Kier molecular flexibility index (Phi) is 12.2. The number of nitrogens with zero attached hydrogens (tertiary/aromatic N) is 1. The van der Waals surface area contributed by atoms with Crippen LogP contribution in [0.25, 0.3) is 0 Å². The lowest BCUT2D eigenvalue weighted by Crippen LogP contribution is -2.57. The number of rotatable bonds is 14. The Morgan fingerprint density at radius 2 is 1.88 bits per heavy atom. The zero-order chi connectivity index (χ0) is 35.2. The molecule has 0 radical (unpaired) electrons. The highest BCUT2D eigenvalue weighted by Crippen LogP contribution is 2.51. The van der Waals surface area contributed by atoms with Gasteiger partial charge in [0.05, 0.1) is 45.5 Å². The van der Waals surface area contributed by atoms with Gasteiger partial charge in [0.15, 0.2) is 11.5 Å². The van der Waals surface area contributed by atoms with Crippen molar-refractivity contribution in [1.82, 2.24) is 10.2 Å². The number of carbonyl (C=O) groups excluding carboxylic acids is 2. The monoisotopic (exact) mass is 680 g/mol. The van der Waals surface area contributed by atoms with E-state index in [0.29, 0.717) is 58.1 Å². The van der Waals surface area contributed by atoms with E-state index in [0.717, 1.165) is 24.8 Å². The lowest BCUT2D eigenvalue weighted by atomic mass is 9.75. The van der Waals surface area contributed by atoms with Crippen LogP contribution in [0.2, 0.25) is 0 Å². The van der Waals surface area contributed by atoms with E-state index in [4.69, 9.17) is 18.9 Å².